The van der Waals surface area contributed by atoms with Crippen molar-refractivity contribution in [2.75, 3.05) is 38.0 Å². The largest absolute Gasteiger partial charge is 0.354 e. The Hall–Kier alpha value is -2.08. The van der Waals surface area contributed by atoms with Gasteiger partial charge >= 0.3 is 6.03 Å². The highest BCUT2D eigenvalue weighted by Gasteiger charge is 2.37. The molecule has 1 heterocycles. The number of benzene rings is 1. The van der Waals surface area contributed by atoms with Crippen LogP contribution in [0.25, 0.3) is 0 Å². The van der Waals surface area contributed by atoms with E-state index >= 15 is 0 Å². The first kappa shape index (κ1) is 24.6. The average Bonchev–Trinajstić information content (AvgIpc) is 3.32. The van der Waals surface area contributed by atoms with E-state index in [1.165, 1.54) is 18.4 Å². The van der Waals surface area contributed by atoms with E-state index in [1.54, 1.807) is 0 Å². The first-order chi connectivity index (χ1) is 15.4. The molecule has 1 saturated carbocycles. The molecule has 2 atom stereocenters. The molecule has 0 unspecified atom stereocenters. The van der Waals surface area contributed by atoms with E-state index in [1.807, 2.05) is 17.0 Å². The molecule has 2 aliphatic rings. The topological polar surface area (TPSA) is 64.7 Å². The van der Waals surface area contributed by atoms with Crippen molar-refractivity contribution in [3.63, 3.8) is 0 Å². The first-order valence-electron chi connectivity index (χ1n) is 12.6. The molecule has 1 saturated heterocycles. The van der Waals surface area contributed by atoms with Gasteiger partial charge in [0.1, 0.15) is 0 Å². The molecule has 1 aromatic carbocycles. The van der Waals surface area contributed by atoms with Gasteiger partial charge in [-0.15, -0.1) is 0 Å². The Labute approximate surface area is 194 Å². The quantitative estimate of drug-likeness (QED) is 0.614. The molecular weight excluding hydrogens is 400 g/mol. The highest BCUT2D eigenvalue weighted by molar-refractivity contribution is 5.89. The van der Waals surface area contributed by atoms with Gasteiger partial charge in [0.25, 0.3) is 0 Å². The number of nitrogens with one attached hydrogen (secondary N) is 2. The van der Waals surface area contributed by atoms with Crippen LogP contribution in [0.15, 0.2) is 24.3 Å². The van der Waals surface area contributed by atoms with Crippen LogP contribution in [0.2, 0.25) is 0 Å². The van der Waals surface area contributed by atoms with Crippen LogP contribution >= 0.6 is 0 Å². The molecular formula is C26H42N4O2. The van der Waals surface area contributed by atoms with Crippen molar-refractivity contribution in [2.24, 2.45) is 11.8 Å². The molecule has 0 bridgehead atoms. The van der Waals surface area contributed by atoms with Crippen molar-refractivity contribution in [3.05, 3.63) is 29.8 Å². The minimum atomic E-state index is -0.0599. The zero-order valence-corrected chi connectivity index (χ0v) is 20.4. The summed E-state index contributed by atoms with van der Waals surface area (Å²) in [6.45, 7) is 12.2. The molecule has 0 aromatic heterocycles. The third kappa shape index (κ3) is 6.47. The van der Waals surface area contributed by atoms with Gasteiger partial charge in [0.2, 0.25) is 5.91 Å². The predicted molar refractivity (Wildman–Crippen MR) is 131 cm³/mol. The molecule has 3 amide bonds. The van der Waals surface area contributed by atoms with Crippen LogP contribution in [0.5, 0.6) is 0 Å². The molecule has 2 N–H and O–H groups in total. The Bertz CT molecular complexity index is 735. The van der Waals surface area contributed by atoms with Crippen LogP contribution < -0.4 is 10.6 Å². The molecule has 0 spiro atoms. The van der Waals surface area contributed by atoms with E-state index < -0.39 is 0 Å². The second-order valence-electron chi connectivity index (χ2n) is 9.98. The number of amides is 3. The first-order valence-corrected chi connectivity index (χ1v) is 12.6. The lowest BCUT2D eigenvalue weighted by Crippen LogP contribution is -2.58. The SMILES string of the molecule is CC[C@H](C)CNC(=O)[C@@H](C1CCCC1)N1CCN(C(=O)Nc2ccc(C(C)C)cc2)CC1. The lowest BCUT2D eigenvalue weighted by atomic mass is 9.94. The fourth-order valence-corrected chi connectivity index (χ4v) is 4.83. The Morgan fingerprint density at radius 1 is 1.00 bits per heavy atom. The molecule has 0 radical (unpaired) electrons. The molecule has 178 valence electrons. The summed E-state index contributed by atoms with van der Waals surface area (Å²) in [6.07, 6.45) is 5.78. The highest BCUT2D eigenvalue weighted by Crippen LogP contribution is 2.31. The summed E-state index contributed by atoms with van der Waals surface area (Å²) in [5.74, 6) is 1.59. The number of rotatable bonds is 8. The summed E-state index contributed by atoms with van der Waals surface area (Å²) in [5, 5.41) is 6.24. The predicted octanol–water partition coefficient (Wildman–Crippen LogP) is 4.68. The number of nitrogens with zero attached hydrogens (tertiary/aromatic N) is 2. The van der Waals surface area contributed by atoms with Gasteiger partial charge < -0.3 is 15.5 Å². The second-order valence-corrected chi connectivity index (χ2v) is 9.98. The van der Waals surface area contributed by atoms with Gasteiger partial charge in [0, 0.05) is 38.4 Å². The smallest absolute Gasteiger partial charge is 0.321 e. The Kier molecular flexibility index (Phi) is 8.97. The van der Waals surface area contributed by atoms with Gasteiger partial charge in [0.15, 0.2) is 0 Å². The number of hydrogen-bond acceptors (Lipinski definition) is 3. The van der Waals surface area contributed by atoms with Crippen molar-refractivity contribution >= 4 is 17.6 Å². The Balaban J connectivity index is 1.55. The monoisotopic (exact) mass is 442 g/mol. The lowest BCUT2D eigenvalue weighted by molar-refractivity contribution is -0.129. The van der Waals surface area contributed by atoms with Gasteiger partial charge in [-0.05, 0) is 48.3 Å². The zero-order valence-electron chi connectivity index (χ0n) is 20.4. The minimum absolute atomic E-state index is 0.0550. The molecule has 1 aliphatic carbocycles. The summed E-state index contributed by atoms with van der Waals surface area (Å²) in [5.41, 5.74) is 2.09. The molecule has 32 heavy (non-hydrogen) atoms. The summed E-state index contributed by atoms with van der Waals surface area (Å²) in [7, 11) is 0. The van der Waals surface area contributed by atoms with Crippen LogP contribution in [0, 0.1) is 11.8 Å². The summed E-state index contributed by atoms with van der Waals surface area (Å²) in [4.78, 5) is 30.1. The van der Waals surface area contributed by atoms with E-state index in [4.69, 9.17) is 0 Å². The maximum absolute atomic E-state index is 13.1. The highest BCUT2D eigenvalue weighted by atomic mass is 16.2. The van der Waals surface area contributed by atoms with E-state index in [-0.39, 0.29) is 18.0 Å². The van der Waals surface area contributed by atoms with Crippen molar-refractivity contribution < 1.29 is 9.59 Å². The molecule has 6 heteroatoms. The third-order valence-electron chi connectivity index (χ3n) is 7.26. The van der Waals surface area contributed by atoms with Crippen LogP contribution in [-0.2, 0) is 4.79 Å². The Morgan fingerprint density at radius 2 is 1.62 bits per heavy atom. The van der Waals surface area contributed by atoms with E-state index in [0.29, 0.717) is 30.8 Å². The van der Waals surface area contributed by atoms with Gasteiger partial charge in [-0.2, -0.15) is 0 Å². The fourth-order valence-electron chi connectivity index (χ4n) is 4.83. The summed E-state index contributed by atoms with van der Waals surface area (Å²) < 4.78 is 0. The summed E-state index contributed by atoms with van der Waals surface area (Å²) >= 11 is 0. The van der Waals surface area contributed by atoms with E-state index in [0.717, 1.165) is 44.6 Å². The zero-order chi connectivity index (χ0) is 23.1. The van der Waals surface area contributed by atoms with Crippen LogP contribution in [0.1, 0.15) is 71.3 Å². The molecule has 3 rings (SSSR count). The molecule has 6 nitrogen and oxygen atoms in total. The molecule has 2 fully saturated rings. The number of urea groups is 1. The minimum Gasteiger partial charge on any atom is -0.354 e. The maximum Gasteiger partial charge on any atom is 0.321 e. The standard InChI is InChI=1S/C26H42N4O2/c1-5-20(4)18-27-25(31)24(22-8-6-7-9-22)29-14-16-30(17-15-29)26(32)28-23-12-10-21(11-13-23)19(2)3/h10-13,19-20,22,24H,5-9,14-18H2,1-4H3,(H,27,31)(H,28,32)/t20-,24+/m0/s1. The third-order valence-corrected chi connectivity index (χ3v) is 7.26. The van der Waals surface area contributed by atoms with E-state index in [2.05, 4.69) is 55.4 Å². The van der Waals surface area contributed by atoms with E-state index in [9.17, 15) is 9.59 Å². The van der Waals surface area contributed by atoms with Crippen molar-refractivity contribution in [2.45, 2.75) is 71.8 Å². The normalized spacial score (nSPS) is 19.7. The maximum atomic E-state index is 13.1. The lowest BCUT2D eigenvalue weighted by Gasteiger charge is -2.40. The molecule has 1 aliphatic heterocycles. The van der Waals surface area contributed by atoms with Crippen molar-refractivity contribution in [1.29, 1.82) is 0 Å². The second kappa shape index (κ2) is 11.7. The van der Waals surface area contributed by atoms with Gasteiger partial charge in [0.05, 0.1) is 6.04 Å². The fraction of sp³-hybridized carbons (Fsp3) is 0.692. The summed E-state index contributed by atoms with van der Waals surface area (Å²) in [6, 6.07) is 7.98. The van der Waals surface area contributed by atoms with Gasteiger partial charge in [-0.25, -0.2) is 4.79 Å². The van der Waals surface area contributed by atoms with Crippen LogP contribution in [0.3, 0.4) is 0 Å². The number of carbonyl (C=O) groups excluding carboxylic acids is 2. The van der Waals surface area contributed by atoms with Gasteiger partial charge in [-0.3, -0.25) is 9.69 Å². The van der Waals surface area contributed by atoms with Crippen LogP contribution in [0.4, 0.5) is 10.5 Å². The number of carbonyl (C=O) groups is 2. The number of hydrogen-bond donors (Lipinski definition) is 2. The number of piperazine rings is 1. The van der Waals surface area contributed by atoms with Crippen molar-refractivity contribution in [1.82, 2.24) is 15.1 Å². The molecule has 1 aromatic rings. The number of anilines is 1. The Morgan fingerprint density at radius 3 is 2.19 bits per heavy atom. The average molecular weight is 443 g/mol. The van der Waals surface area contributed by atoms with Crippen LogP contribution in [-0.4, -0.2) is 60.5 Å². The van der Waals surface area contributed by atoms with Gasteiger partial charge in [-0.1, -0.05) is 59.1 Å². The van der Waals surface area contributed by atoms with Crippen molar-refractivity contribution in [3.8, 4) is 0 Å².